The van der Waals surface area contributed by atoms with Gasteiger partial charge in [-0.1, -0.05) is 36.4 Å². The highest BCUT2D eigenvalue weighted by Gasteiger charge is 2.17. The lowest BCUT2D eigenvalue weighted by Crippen LogP contribution is -2.18. The van der Waals surface area contributed by atoms with Gasteiger partial charge in [-0.2, -0.15) is 0 Å². The lowest BCUT2D eigenvalue weighted by Gasteiger charge is -2.20. The molecule has 0 aromatic heterocycles. The Morgan fingerprint density at radius 1 is 1.33 bits per heavy atom. The van der Waals surface area contributed by atoms with Gasteiger partial charge in [0.05, 0.1) is 12.6 Å². The highest BCUT2D eigenvalue weighted by Crippen LogP contribution is 2.24. The molecule has 1 heterocycles. The van der Waals surface area contributed by atoms with Crippen molar-refractivity contribution in [2.24, 2.45) is 4.99 Å². The minimum absolute atomic E-state index is 0.0814. The van der Waals surface area contributed by atoms with Crippen molar-refractivity contribution >= 4 is 11.3 Å². The average Bonchev–Trinajstić information content (AvgIpc) is 2.30. The molecule has 2 heteroatoms. The Labute approximate surface area is 90.0 Å². The molecule has 1 aromatic carbocycles. The van der Waals surface area contributed by atoms with Crippen molar-refractivity contribution in [3.05, 3.63) is 42.0 Å². The van der Waals surface area contributed by atoms with Crippen LogP contribution in [0.5, 0.6) is 0 Å². The van der Waals surface area contributed by atoms with Crippen LogP contribution in [0, 0.1) is 0 Å². The second kappa shape index (κ2) is 4.41. The van der Waals surface area contributed by atoms with E-state index in [1.807, 2.05) is 25.1 Å². The Bertz CT molecular complexity index is 392. The molecule has 0 amide bonds. The number of hydrogen-bond donors (Lipinski definition) is 1. The molecule has 0 saturated carbocycles. The van der Waals surface area contributed by atoms with E-state index in [2.05, 4.69) is 23.2 Å². The largest absolute Gasteiger partial charge is 0.394 e. The van der Waals surface area contributed by atoms with Gasteiger partial charge < -0.3 is 5.11 Å². The molecule has 1 aromatic rings. The lowest BCUT2D eigenvalue weighted by molar-refractivity contribution is 0.287. The van der Waals surface area contributed by atoms with Gasteiger partial charge in [0.25, 0.3) is 0 Å². The molecule has 1 aliphatic rings. The molecular formula is C13H15NO. The Morgan fingerprint density at radius 2 is 2.07 bits per heavy atom. The predicted molar refractivity (Wildman–Crippen MR) is 63.0 cm³/mol. The predicted octanol–water partition coefficient (Wildman–Crippen LogP) is 2.30. The Balaban J connectivity index is 2.30. The zero-order chi connectivity index (χ0) is 10.7. The van der Waals surface area contributed by atoms with E-state index in [-0.39, 0.29) is 12.6 Å². The second-order valence-electron chi connectivity index (χ2n) is 3.79. The second-order valence-corrected chi connectivity index (χ2v) is 3.79. The summed E-state index contributed by atoms with van der Waals surface area (Å²) in [7, 11) is 0. The summed E-state index contributed by atoms with van der Waals surface area (Å²) in [5.41, 5.74) is 3.39. The van der Waals surface area contributed by atoms with Crippen molar-refractivity contribution in [1.29, 1.82) is 0 Å². The third kappa shape index (κ3) is 2.16. The van der Waals surface area contributed by atoms with E-state index in [4.69, 9.17) is 0 Å². The maximum atomic E-state index is 9.29. The fraction of sp³-hybridized carbons (Fsp3) is 0.308. The van der Waals surface area contributed by atoms with Crippen LogP contribution in [0.1, 0.15) is 18.9 Å². The van der Waals surface area contributed by atoms with Crippen LogP contribution in [-0.2, 0) is 0 Å². The molecule has 0 spiro atoms. The molecule has 15 heavy (non-hydrogen) atoms. The quantitative estimate of drug-likeness (QED) is 0.782. The SMILES string of the molecule is CC1=NC(CO)C(c2ccccc2)=CC1. The van der Waals surface area contributed by atoms with E-state index in [9.17, 15) is 5.11 Å². The Morgan fingerprint density at radius 3 is 2.73 bits per heavy atom. The van der Waals surface area contributed by atoms with Crippen molar-refractivity contribution in [2.75, 3.05) is 6.61 Å². The van der Waals surface area contributed by atoms with E-state index in [0.717, 1.165) is 23.3 Å². The molecule has 0 radical (unpaired) electrons. The van der Waals surface area contributed by atoms with Gasteiger partial charge in [0, 0.05) is 12.1 Å². The highest BCUT2D eigenvalue weighted by atomic mass is 16.3. The molecule has 1 N–H and O–H groups in total. The minimum Gasteiger partial charge on any atom is -0.394 e. The third-order valence-electron chi connectivity index (χ3n) is 2.63. The van der Waals surface area contributed by atoms with Crippen LogP contribution in [0.25, 0.3) is 5.57 Å². The number of rotatable bonds is 2. The van der Waals surface area contributed by atoms with Gasteiger partial charge in [-0.15, -0.1) is 0 Å². The Hall–Kier alpha value is -1.41. The van der Waals surface area contributed by atoms with Gasteiger partial charge in [-0.3, -0.25) is 4.99 Å². The van der Waals surface area contributed by atoms with Crippen LogP contribution >= 0.6 is 0 Å². The van der Waals surface area contributed by atoms with Crippen LogP contribution in [0.15, 0.2) is 41.4 Å². The average molecular weight is 201 g/mol. The first kappa shape index (κ1) is 10.1. The molecule has 2 nitrogen and oxygen atoms in total. The van der Waals surface area contributed by atoms with Crippen LogP contribution in [-0.4, -0.2) is 23.5 Å². The molecular weight excluding hydrogens is 186 g/mol. The first-order valence-electron chi connectivity index (χ1n) is 5.21. The number of aliphatic hydroxyl groups is 1. The molecule has 0 saturated heterocycles. The van der Waals surface area contributed by atoms with Crippen molar-refractivity contribution in [3.63, 3.8) is 0 Å². The van der Waals surface area contributed by atoms with Gasteiger partial charge in [0.15, 0.2) is 0 Å². The smallest absolute Gasteiger partial charge is 0.0981 e. The summed E-state index contributed by atoms with van der Waals surface area (Å²) in [6, 6.07) is 10.1. The number of nitrogens with zero attached hydrogens (tertiary/aromatic N) is 1. The highest BCUT2D eigenvalue weighted by molar-refractivity contribution is 5.89. The minimum atomic E-state index is -0.0823. The summed E-state index contributed by atoms with van der Waals surface area (Å²) in [6.45, 7) is 2.08. The van der Waals surface area contributed by atoms with Crippen LogP contribution in [0.2, 0.25) is 0 Å². The van der Waals surface area contributed by atoms with Crippen molar-refractivity contribution in [3.8, 4) is 0 Å². The van der Waals surface area contributed by atoms with E-state index in [0.29, 0.717) is 0 Å². The normalized spacial score (nSPS) is 20.8. The van der Waals surface area contributed by atoms with Crippen molar-refractivity contribution in [1.82, 2.24) is 0 Å². The fourth-order valence-electron chi connectivity index (χ4n) is 1.86. The van der Waals surface area contributed by atoms with Gasteiger partial charge in [-0.05, 0) is 18.1 Å². The van der Waals surface area contributed by atoms with Gasteiger partial charge in [-0.25, -0.2) is 0 Å². The fourth-order valence-corrected chi connectivity index (χ4v) is 1.86. The van der Waals surface area contributed by atoms with Gasteiger partial charge >= 0.3 is 0 Å². The molecule has 2 rings (SSSR count). The molecule has 78 valence electrons. The number of dihydropyridines is 1. The zero-order valence-corrected chi connectivity index (χ0v) is 8.85. The maximum Gasteiger partial charge on any atom is 0.0981 e. The summed E-state index contributed by atoms with van der Waals surface area (Å²) < 4.78 is 0. The summed E-state index contributed by atoms with van der Waals surface area (Å²) in [5, 5.41) is 9.29. The van der Waals surface area contributed by atoms with Crippen LogP contribution in [0.3, 0.4) is 0 Å². The van der Waals surface area contributed by atoms with Crippen molar-refractivity contribution in [2.45, 2.75) is 19.4 Å². The van der Waals surface area contributed by atoms with Gasteiger partial charge in [0.1, 0.15) is 0 Å². The number of aliphatic imine (C=N–C) groups is 1. The summed E-state index contributed by atoms with van der Waals surface area (Å²) in [5.74, 6) is 0. The van der Waals surface area contributed by atoms with E-state index >= 15 is 0 Å². The number of allylic oxidation sites excluding steroid dienone is 1. The summed E-state index contributed by atoms with van der Waals surface area (Å²) >= 11 is 0. The number of benzene rings is 1. The maximum absolute atomic E-state index is 9.29. The van der Waals surface area contributed by atoms with Gasteiger partial charge in [0.2, 0.25) is 0 Å². The topological polar surface area (TPSA) is 32.6 Å². The van der Waals surface area contributed by atoms with E-state index < -0.39 is 0 Å². The van der Waals surface area contributed by atoms with Crippen LogP contribution in [0.4, 0.5) is 0 Å². The summed E-state index contributed by atoms with van der Waals surface area (Å²) in [4.78, 5) is 4.46. The molecule has 1 aliphatic heterocycles. The third-order valence-corrected chi connectivity index (χ3v) is 2.63. The molecule has 1 atom stereocenters. The first-order chi connectivity index (χ1) is 7.31. The molecule has 1 unspecified atom stereocenters. The van der Waals surface area contributed by atoms with E-state index in [1.165, 1.54) is 0 Å². The standard InChI is InChI=1S/C13H15NO/c1-10-7-8-12(13(9-15)14-10)11-5-3-2-4-6-11/h2-6,8,13,15H,7,9H2,1H3. The van der Waals surface area contributed by atoms with Crippen LogP contribution < -0.4 is 0 Å². The van der Waals surface area contributed by atoms with E-state index in [1.54, 1.807) is 0 Å². The number of aliphatic hydroxyl groups excluding tert-OH is 1. The number of hydrogen-bond acceptors (Lipinski definition) is 2. The lowest BCUT2D eigenvalue weighted by atomic mass is 9.95. The summed E-state index contributed by atoms with van der Waals surface area (Å²) in [6.07, 6.45) is 3.05. The zero-order valence-electron chi connectivity index (χ0n) is 8.85. The first-order valence-corrected chi connectivity index (χ1v) is 5.21. The molecule has 0 fully saturated rings. The Kier molecular flexibility index (Phi) is 2.97. The van der Waals surface area contributed by atoms with Crippen molar-refractivity contribution < 1.29 is 5.11 Å². The molecule has 0 aliphatic carbocycles. The monoisotopic (exact) mass is 201 g/mol. The molecule has 0 bridgehead atoms.